The van der Waals surface area contributed by atoms with Crippen LogP contribution in [0, 0.1) is 16.0 Å². The van der Waals surface area contributed by atoms with Crippen molar-refractivity contribution in [3.8, 4) is 0 Å². The number of halogens is 2. The van der Waals surface area contributed by atoms with Crippen LogP contribution in [-0.4, -0.2) is 32.5 Å². The predicted octanol–water partition coefficient (Wildman–Crippen LogP) is 2.06. The number of sulfonamides is 1. The largest absolute Gasteiger partial charge is 0.315 e. The van der Waals surface area contributed by atoms with Gasteiger partial charge < -0.3 is 5.32 Å². The fourth-order valence-corrected chi connectivity index (χ4v) is 4.32. The van der Waals surface area contributed by atoms with E-state index in [0.717, 1.165) is 13.0 Å². The summed E-state index contributed by atoms with van der Waals surface area (Å²) in [7, 11) is -3.95. The zero-order valence-corrected chi connectivity index (χ0v) is 15.0. The molecule has 0 saturated carbocycles. The van der Waals surface area contributed by atoms with E-state index in [-0.39, 0.29) is 29.3 Å². The lowest BCUT2D eigenvalue weighted by Gasteiger charge is -2.29. The molecular weight excluding hydrogens is 398 g/mol. The van der Waals surface area contributed by atoms with Gasteiger partial charge in [-0.1, -0.05) is 22.9 Å². The van der Waals surface area contributed by atoms with Crippen molar-refractivity contribution in [2.45, 2.75) is 24.3 Å². The van der Waals surface area contributed by atoms with Crippen molar-refractivity contribution in [2.24, 2.45) is 5.92 Å². The Morgan fingerprint density at radius 3 is 2.73 bits per heavy atom. The van der Waals surface area contributed by atoms with Gasteiger partial charge in [-0.3, -0.25) is 10.1 Å². The lowest BCUT2D eigenvalue weighted by atomic mass is 9.96. The molecule has 1 aromatic rings. The third kappa shape index (κ3) is 4.39. The molecule has 2 rings (SSSR count). The molecule has 1 aromatic carbocycles. The lowest BCUT2D eigenvalue weighted by molar-refractivity contribution is -0.387. The maximum absolute atomic E-state index is 12.5. The van der Waals surface area contributed by atoms with Crippen LogP contribution >= 0.6 is 28.3 Å². The van der Waals surface area contributed by atoms with Crippen LogP contribution in [0.5, 0.6) is 0 Å². The Hall–Kier alpha value is -0.740. The summed E-state index contributed by atoms with van der Waals surface area (Å²) in [6.45, 7) is 3.32. The van der Waals surface area contributed by atoms with Gasteiger partial charge in [-0.05, 0) is 31.0 Å². The summed E-state index contributed by atoms with van der Waals surface area (Å²) in [6.07, 6.45) is 0.855. The van der Waals surface area contributed by atoms with Gasteiger partial charge in [0.15, 0.2) is 4.90 Å². The number of benzene rings is 1. The van der Waals surface area contributed by atoms with Gasteiger partial charge in [0.05, 0.1) is 4.92 Å². The first-order chi connectivity index (χ1) is 9.81. The highest BCUT2D eigenvalue weighted by Crippen LogP contribution is 2.28. The molecule has 1 aliphatic heterocycles. The molecule has 1 saturated heterocycles. The number of nitro groups is 1. The standard InChI is InChI=1S/C12H16BrN3O4S.ClH/c1-8-4-5-14-7-10(8)15-21(19,20)12-6-9(13)2-3-11(12)16(17)18;/h2-3,6,8,10,14-15H,4-5,7H2,1H3;1H. The number of piperidine rings is 1. The third-order valence-corrected chi connectivity index (χ3v) is 5.55. The molecule has 0 amide bonds. The van der Waals surface area contributed by atoms with Crippen molar-refractivity contribution in [1.82, 2.24) is 10.0 Å². The minimum atomic E-state index is -3.95. The second kappa shape index (κ2) is 7.69. The van der Waals surface area contributed by atoms with Gasteiger partial charge in [0.1, 0.15) is 0 Å². The molecule has 1 heterocycles. The average Bonchev–Trinajstić information content (AvgIpc) is 2.41. The third-order valence-electron chi connectivity index (χ3n) is 3.54. The fourth-order valence-electron chi connectivity index (χ4n) is 2.26. The Balaban J connectivity index is 0.00000242. The average molecular weight is 415 g/mol. The Morgan fingerprint density at radius 1 is 1.45 bits per heavy atom. The fraction of sp³-hybridized carbons (Fsp3) is 0.500. The van der Waals surface area contributed by atoms with Crippen LogP contribution in [-0.2, 0) is 10.0 Å². The first-order valence-corrected chi connectivity index (χ1v) is 8.76. The summed E-state index contributed by atoms with van der Waals surface area (Å²) in [5, 5.41) is 14.1. The molecule has 0 aromatic heterocycles. The van der Waals surface area contributed by atoms with Crippen LogP contribution in [0.25, 0.3) is 0 Å². The van der Waals surface area contributed by atoms with Crippen molar-refractivity contribution < 1.29 is 13.3 Å². The van der Waals surface area contributed by atoms with Crippen LogP contribution in [0.4, 0.5) is 5.69 Å². The minimum absolute atomic E-state index is 0. The van der Waals surface area contributed by atoms with E-state index in [1.54, 1.807) is 0 Å². The summed E-state index contributed by atoms with van der Waals surface area (Å²) in [6, 6.07) is 3.60. The van der Waals surface area contributed by atoms with Gasteiger partial charge >= 0.3 is 0 Å². The van der Waals surface area contributed by atoms with E-state index in [2.05, 4.69) is 26.0 Å². The van der Waals surface area contributed by atoms with E-state index < -0.39 is 20.6 Å². The van der Waals surface area contributed by atoms with Crippen LogP contribution < -0.4 is 10.0 Å². The number of hydrogen-bond acceptors (Lipinski definition) is 5. The van der Waals surface area contributed by atoms with Crippen LogP contribution in [0.3, 0.4) is 0 Å². The molecular formula is C12H17BrClN3O4S. The molecule has 2 N–H and O–H groups in total. The molecule has 22 heavy (non-hydrogen) atoms. The van der Waals surface area contributed by atoms with Gasteiger partial charge in [-0.15, -0.1) is 12.4 Å². The molecule has 0 bridgehead atoms. The summed E-state index contributed by atoms with van der Waals surface area (Å²) in [5.74, 6) is 0.173. The highest BCUT2D eigenvalue weighted by atomic mass is 79.9. The number of rotatable bonds is 4. The van der Waals surface area contributed by atoms with Crippen LogP contribution in [0.2, 0.25) is 0 Å². The smallest absolute Gasteiger partial charge is 0.289 e. The van der Waals surface area contributed by atoms with Gasteiger partial charge in [0.2, 0.25) is 10.0 Å². The maximum Gasteiger partial charge on any atom is 0.289 e. The zero-order chi connectivity index (χ0) is 15.6. The molecule has 10 heteroatoms. The van der Waals surface area contributed by atoms with Crippen molar-refractivity contribution >= 4 is 44.0 Å². The van der Waals surface area contributed by atoms with Crippen LogP contribution in [0.1, 0.15) is 13.3 Å². The van der Waals surface area contributed by atoms with Crippen molar-refractivity contribution in [3.05, 3.63) is 32.8 Å². The van der Waals surface area contributed by atoms with Gasteiger partial charge in [-0.2, -0.15) is 0 Å². The highest BCUT2D eigenvalue weighted by Gasteiger charge is 2.31. The van der Waals surface area contributed by atoms with E-state index in [0.29, 0.717) is 11.0 Å². The first-order valence-electron chi connectivity index (χ1n) is 6.48. The predicted molar refractivity (Wildman–Crippen MR) is 88.8 cm³/mol. The maximum atomic E-state index is 12.5. The summed E-state index contributed by atoms with van der Waals surface area (Å²) in [4.78, 5) is 10.0. The number of nitrogens with one attached hydrogen (secondary N) is 2. The molecule has 7 nitrogen and oxygen atoms in total. The highest BCUT2D eigenvalue weighted by molar-refractivity contribution is 9.10. The summed E-state index contributed by atoms with van der Waals surface area (Å²) < 4.78 is 28.0. The van der Waals surface area contributed by atoms with E-state index >= 15 is 0 Å². The second-order valence-corrected chi connectivity index (χ2v) is 7.67. The van der Waals surface area contributed by atoms with Gasteiger partial charge in [-0.25, -0.2) is 13.1 Å². The Kier molecular flexibility index (Phi) is 6.75. The van der Waals surface area contributed by atoms with Gasteiger partial charge in [0, 0.05) is 23.1 Å². The van der Waals surface area contributed by atoms with Crippen molar-refractivity contribution in [3.63, 3.8) is 0 Å². The van der Waals surface area contributed by atoms with E-state index in [9.17, 15) is 18.5 Å². The molecule has 2 atom stereocenters. The van der Waals surface area contributed by atoms with Gasteiger partial charge in [0.25, 0.3) is 5.69 Å². The Bertz CT molecular complexity index is 656. The molecule has 0 aliphatic carbocycles. The first kappa shape index (κ1) is 19.3. The number of nitrogens with zero attached hydrogens (tertiary/aromatic N) is 1. The molecule has 124 valence electrons. The Morgan fingerprint density at radius 2 is 2.14 bits per heavy atom. The number of nitro benzene ring substituents is 1. The Labute approximate surface area is 143 Å². The van der Waals surface area contributed by atoms with Crippen LogP contribution in [0.15, 0.2) is 27.6 Å². The number of hydrogen-bond donors (Lipinski definition) is 2. The zero-order valence-electron chi connectivity index (χ0n) is 11.8. The molecule has 1 fully saturated rings. The quantitative estimate of drug-likeness (QED) is 0.580. The van der Waals surface area contributed by atoms with E-state index in [1.165, 1.54) is 18.2 Å². The topological polar surface area (TPSA) is 101 Å². The lowest BCUT2D eigenvalue weighted by Crippen LogP contribution is -2.50. The van der Waals surface area contributed by atoms with Crippen molar-refractivity contribution in [1.29, 1.82) is 0 Å². The molecule has 0 spiro atoms. The normalized spacial score (nSPS) is 21.9. The van der Waals surface area contributed by atoms with E-state index in [4.69, 9.17) is 0 Å². The molecule has 1 aliphatic rings. The van der Waals surface area contributed by atoms with Crippen molar-refractivity contribution in [2.75, 3.05) is 13.1 Å². The summed E-state index contributed by atoms with van der Waals surface area (Å²) in [5.41, 5.74) is -0.429. The second-order valence-electron chi connectivity index (χ2n) is 5.07. The molecule has 0 radical (unpaired) electrons. The minimum Gasteiger partial charge on any atom is -0.315 e. The SMILES string of the molecule is CC1CCNCC1NS(=O)(=O)c1cc(Br)ccc1[N+](=O)[O-].Cl. The van der Waals surface area contributed by atoms with E-state index in [1.807, 2.05) is 6.92 Å². The molecule has 2 unspecified atom stereocenters. The summed E-state index contributed by atoms with van der Waals surface area (Å²) >= 11 is 3.15. The monoisotopic (exact) mass is 413 g/mol.